The molecule has 1 atom stereocenters. The predicted molar refractivity (Wildman–Crippen MR) is 85.0 cm³/mol. The second-order valence-corrected chi connectivity index (χ2v) is 6.26. The zero-order valence-electron chi connectivity index (χ0n) is 12.7. The van der Waals surface area contributed by atoms with Gasteiger partial charge in [0.05, 0.1) is 12.6 Å². The van der Waals surface area contributed by atoms with Crippen LogP contribution < -0.4 is 5.32 Å². The molecule has 3 heteroatoms. The van der Waals surface area contributed by atoms with Crippen LogP contribution in [0.4, 0.5) is 10.1 Å². The molecular formula is C18H22FNO. The van der Waals surface area contributed by atoms with E-state index in [4.69, 9.17) is 0 Å². The Morgan fingerprint density at radius 2 is 1.57 bits per heavy atom. The van der Waals surface area contributed by atoms with Crippen molar-refractivity contribution in [2.24, 2.45) is 0 Å². The van der Waals surface area contributed by atoms with Crippen LogP contribution in [0.15, 0.2) is 48.5 Å². The highest BCUT2D eigenvalue weighted by Crippen LogP contribution is 2.25. The maximum Gasteiger partial charge on any atom is 0.123 e. The summed E-state index contributed by atoms with van der Waals surface area (Å²) in [6.45, 7) is 6.49. The van der Waals surface area contributed by atoms with E-state index in [2.05, 4.69) is 38.2 Å². The number of rotatable bonds is 4. The average molecular weight is 287 g/mol. The Hall–Kier alpha value is -1.87. The first-order chi connectivity index (χ1) is 9.90. The summed E-state index contributed by atoms with van der Waals surface area (Å²) in [6, 6.07) is 14.2. The molecule has 2 N–H and O–H groups in total. The monoisotopic (exact) mass is 287 g/mol. The van der Waals surface area contributed by atoms with Crippen LogP contribution in [0, 0.1) is 5.82 Å². The van der Waals surface area contributed by atoms with Crippen molar-refractivity contribution >= 4 is 5.69 Å². The third kappa shape index (κ3) is 4.05. The fourth-order valence-electron chi connectivity index (χ4n) is 2.20. The van der Waals surface area contributed by atoms with Crippen molar-refractivity contribution in [3.05, 3.63) is 65.5 Å². The molecule has 21 heavy (non-hydrogen) atoms. The summed E-state index contributed by atoms with van der Waals surface area (Å²) < 4.78 is 12.9. The van der Waals surface area contributed by atoms with Crippen LogP contribution in [0.1, 0.15) is 37.9 Å². The summed E-state index contributed by atoms with van der Waals surface area (Å²) in [5.74, 6) is -0.268. The molecule has 0 aliphatic carbocycles. The van der Waals surface area contributed by atoms with E-state index in [1.807, 2.05) is 12.1 Å². The SMILES string of the molecule is CC(C)(C)c1ccc(C(CO)Nc2ccc(F)cc2)cc1. The smallest absolute Gasteiger partial charge is 0.123 e. The lowest BCUT2D eigenvalue weighted by Crippen LogP contribution is -2.16. The van der Waals surface area contributed by atoms with E-state index in [1.54, 1.807) is 12.1 Å². The number of aliphatic hydroxyl groups is 1. The maximum absolute atomic E-state index is 12.9. The van der Waals surface area contributed by atoms with E-state index in [0.29, 0.717) is 0 Å². The van der Waals surface area contributed by atoms with Crippen LogP contribution >= 0.6 is 0 Å². The van der Waals surface area contributed by atoms with E-state index in [0.717, 1.165) is 11.3 Å². The average Bonchev–Trinajstić information content (AvgIpc) is 2.46. The van der Waals surface area contributed by atoms with Gasteiger partial charge in [-0.1, -0.05) is 45.0 Å². The van der Waals surface area contributed by atoms with Gasteiger partial charge >= 0.3 is 0 Å². The molecule has 0 saturated carbocycles. The molecule has 2 aromatic carbocycles. The fourth-order valence-corrected chi connectivity index (χ4v) is 2.20. The van der Waals surface area contributed by atoms with Crippen LogP contribution in [0.3, 0.4) is 0 Å². The van der Waals surface area contributed by atoms with Gasteiger partial charge in [0, 0.05) is 5.69 Å². The summed E-state index contributed by atoms with van der Waals surface area (Å²) in [7, 11) is 0. The molecule has 1 unspecified atom stereocenters. The number of nitrogens with one attached hydrogen (secondary N) is 1. The Labute approximate surface area is 125 Å². The maximum atomic E-state index is 12.9. The zero-order chi connectivity index (χ0) is 15.5. The van der Waals surface area contributed by atoms with Crippen molar-refractivity contribution in [2.45, 2.75) is 32.2 Å². The van der Waals surface area contributed by atoms with Crippen LogP contribution in [-0.2, 0) is 5.41 Å². The summed E-state index contributed by atoms with van der Waals surface area (Å²) in [6.07, 6.45) is 0. The molecule has 0 fully saturated rings. The molecule has 0 bridgehead atoms. The normalized spacial score (nSPS) is 13.0. The molecule has 0 aliphatic heterocycles. The molecule has 0 saturated heterocycles. The van der Waals surface area contributed by atoms with Gasteiger partial charge in [-0.3, -0.25) is 0 Å². The minimum absolute atomic E-state index is 0.0216. The molecule has 0 radical (unpaired) electrons. The highest BCUT2D eigenvalue weighted by atomic mass is 19.1. The predicted octanol–water partition coefficient (Wildman–Crippen LogP) is 4.27. The molecule has 0 heterocycles. The molecular weight excluding hydrogens is 265 g/mol. The zero-order valence-corrected chi connectivity index (χ0v) is 12.7. The minimum Gasteiger partial charge on any atom is -0.394 e. The van der Waals surface area contributed by atoms with Crippen molar-refractivity contribution in [1.82, 2.24) is 0 Å². The number of aliphatic hydroxyl groups excluding tert-OH is 1. The van der Waals surface area contributed by atoms with Crippen LogP contribution in [-0.4, -0.2) is 11.7 Å². The third-order valence-corrected chi connectivity index (χ3v) is 3.55. The highest BCUT2D eigenvalue weighted by Gasteiger charge is 2.15. The van der Waals surface area contributed by atoms with Crippen molar-refractivity contribution in [2.75, 3.05) is 11.9 Å². The molecule has 0 aliphatic rings. The van der Waals surface area contributed by atoms with Crippen molar-refractivity contribution in [3.63, 3.8) is 0 Å². The molecule has 0 amide bonds. The summed E-state index contributed by atoms with van der Waals surface area (Å²) in [5.41, 5.74) is 3.16. The Morgan fingerprint density at radius 3 is 2.05 bits per heavy atom. The van der Waals surface area contributed by atoms with Crippen molar-refractivity contribution in [1.29, 1.82) is 0 Å². The van der Waals surface area contributed by atoms with Gasteiger partial charge in [-0.25, -0.2) is 4.39 Å². The second-order valence-electron chi connectivity index (χ2n) is 6.26. The molecule has 2 rings (SSSR count). The standard InChI is InChI=1S/C18H22FNO/c1-18(2,3)14-6-4-13(5-7-14)17(12-21)20-16-10-8-15(19)9-11-16/h4-11,17,20-21H,12H2,1-3H3. The summed E-state index contributed by atoms with van der Waals surface area (Å²) >= 11 is 0. The van der Waals surface area contributed by atoms with E-state index >= 15 is 0 Å². The first kappa shape index (κ1) is 15.5. The minimum atomic E-state index is -0.268. The highest BCUT2D eigenvalue weighted by molar-refractivity contribution is 5.46. The Kier molecular flexibility index (Phi) is 4.63. The van der Waals surface area contributed by atoms with E-state index < -0.39 is 0 Å². The van der Waals surface area contributed by atoms with E-state index in [9.17, 15) is 9.50 Å². The number of hydrogen-bond acceptors (Lipinski definition) is 2. The molecule has 2 aromatic rings. The number of hydrogen-bond donors (Lipinski definition) is 2. The van der Waals surface area contributed by atoms with Gasteiger partial charge < -0.3 is 10.4 Å². The lowest BCUT2D eigenvalue weighted by molar-refractivity contribution is 0.276. The lowest BCUT2D eigenvalue weighted by atomic mass is 9.86. The molecule has 0 spiro atoms. The Morgan fingerprint density at radius 1 is 1.00 bits per heavy atom. The largest absolute Gasteiger partial charge is 0.394 e. The number of halogens is 1. The van der Waals surface area contributed by atoms with Gasteiger partial charge in [-0.2, -0.15) is 0 Å². The van der Waals surface area contributed by atoms with Gasteiger partial charge in [0.1, 0.15) is 5.82 Å². The van der Waals surface area contributed by atoms with Gasteiger partial charge in [0.15, 0.2) is 0 Å². The van der Waals surface area contributed by atoms with Crippen molar-refractivity contribution in [3.8, 4) is 0 Å². The summed E-state index contributed by atoms with van der Waals surface area (Å²) in [4.78, 5) is 0. The van der Waals surface area contributed by atoms with Crippen LogP contribution in [0.2, 0.25) is 0 Å². The van der Waals surface area contributed by atoms with Crippen LogP contribution in [0.5, 0.6) is 0 Å². The quantitative estimate of drug-likeness (QED) is 0.880. The fraction of sp³-hybridized carbons (Fsp3) is 0.333. The van der Waals surface area contributed by atoms with Crippen molar-refractivity contribution < 1.29 is 9.50 Å². The molecule has 0 aromatic heterocycles. The summed E-state index contributed by atoms with van der Waals surface area (Å²) in [5, 5.41) is 12.8. The van der Waals surface area contributed by atoms with E-state index in [-0.39, 0.29) is 23.9 Å². The lowest BCUT2D eigenvalue weighted by Gasteiger charge is -2.22. The number of benzene rings is 2. The number of anilines is 1. The van der Waals surface area contributed by atoms with Gasteiger partial charge in [0.25, 0.3) is 0 Å². The first-order valence-corrected chi connectivity index (χ1v) is 7.13. The first-order valence-electron chi connectivity index (χ1n) is 7.13. The Bertz CT molecular complexity index is 570. The Balaban J connectivity index is 2.15. The third-order valence-electron chi connectivity index (χ3n) is 3.55. The van der Waals surface area contributed by atoms with Gasteiger partial charge in [-0.05, 0) is 40.8 Å². The van der Waals surface area contributed by atoms with E-state index in [1.165, 1.54) is 17.7 Å². The van der Waals surface area contributed by atoms with Crippen LogP contribution in [0.25, 0.3) is 0 Å². The van der Waals surface area contributed by atoms with Gasteiger partial charge in [0.2, 0.25) is 0 Å². The topological polar surface area (TPSA) is 32.3 Å². The van der Waals surface area contributed by atoms with Gasteiger partial charge in [-0.15, -0.1) is 0 Å². The molecule has 2 nitrogen and oxygen atoms in total. The second kappa shape index (κ2) is 6.27. The molecule has 112 valence electrons.